The fourth-order valence-corrected chi connectivity index (χ4v) is 3.70. The minimum atomic E-state index is -3.29. The van der Waals surface area contributed by atoms with Gasteiger partial charge in [-0.25, -0.2) is 8.42 Å². The van der Waals surface area contributed by atoms with E-state index in [0.717, 1.165) is 10.1 Å². The predicted molar refractivity (Wildman–Crippen MR) is 92.3 cm³/mol. The first-order chi connectivity index (χ1) is 10.3. The van der Waals surface area contributed by atoms with Crippen molar-refractivity contribution in [1.82, 2.24) is 4.90 Å². The van der Waals surface area contributed by atoms with Gasteiger partial charge >= 0.3 is 0 Å². The number of benzene rings is 1. The highest BCUT2D eigenvalue weighted by Crippen LogP contribution is 2.30. The van der Waals surface area contributed by atoms with Crippen molar-refractivity contribution >= 4 is 43.0 Å². The minimum Gasteiger partial charge on any atom is -0.339 e. The lowest BCUT2D eigenvalue weighted by atomic mass is 10.2. The molecule has 0 aliphatic rings. The summed E-state index contributed by atoms with van der Waals surface area (Å²) in [5.41, 5.74) is 0.592. The lowest BCUT2D eigenvalue weighted by Gasteiger charge is -2.17. The number of amides is 1. The molecule has 1 aromatic heterocycles. The second-order valence-corrected chi connectivity index (χ2v) is 8.14. The second-order valence-electron chi connectivity index (χ2n) is 5.04. The molecule has 0 atom stereocenters. The molecule has 0 aliphatic heterocycles. The maximum Gasteiger partial charge on any atom is 0.263 e. The molecular formula is C15H20N2O3S2. The zero-order valence-corrected chi connectivity index (χ0v) is 14.8. The molecule has 0 unspecified atom stereocenters. The molecule has 1 heterocycles. The van der Waals surface area contributed by atoms with Crippen LogP contribution in [0.5, 0.6) is 0 Å². The molecule has 2 rings (SSSR count). The lowest BCUT2D eigenvalue weighted by molar-refractivity contribution is 0.0778. The summed E-state index contributed by atoms with van der Waals surface area (Å²) < 4.78 is 25.4. The van der Waals surface area contributed by atoms with Gasteiger partial charge in [0.2, 0.25) is 10.0 Å². The first kappa shape index (κ1) is 16.8. The fraction of sp³-hybridized carbons (Fsp3) is 0.400. The van der Waals surface area contributed by atoms with Gasteiger partial charge in [0.1, 0.15) is 0 Å². The van der Waals surface area contributed by atoms with Gasteiger partial charge in [-0.2, -0.15) is 0 Å². The van der Waals surface area contributed by atoms with Crippen molar-refractivity contribution in [2.24, 2.45) is 0 Å². The topological polar surface area (TPSA) is 57.7 Å². The van der Waals surface area contributed by atoms with Crippen molar-refractivity contribution in [2.45, 2.75) is 13.8 Å². The van der Waals surface area contributed by atoms with Gasteiger partial charge < -0.3 is 4.90 Å². The SMILES string of the molecule is CCN(CC)C(=O)c1cc2cc(N(C)S(C)(=O)=O)ccc2s1. The molecule has 0 N–H and O–H groups in total. The van der Waals surface area contributed by atoms with Crippen LogP contribution in [-0.4, -0.2) is 45.6 Å². The zero-order chi connectivity index (χ0) is 16.5. The van der Waals surface area contributed by atoms with Gasteiger partial charge in [-0.1, -0.05) is 0 Å². The average molecular weight is 340 g/mol. The molecule has 1 amide bonds. The molecule has 22 heavy (non-hydrogen) atoms. The molecule has 7 heteroatoms. The van der Waals surface area contributed by atoms with E-state index in [2.05, 4.69) is 0 Å². The number of sulfonamides is 1. The van der Waals surface area contributed by atoms with Crippen molar-refractivity contribution in [2.75, 3.05) is 30.7 Å². The Morgan fingerprint density at radius 2 is 1.82 bits per heavy atom. The maximum absolute atomic E-state index is 12.4. The summed E-state index contributed by atoms with van der Waals surface area (Å²) >= 11 is 1.43. The molecule has 0 spiro atoms. The van der Waals surface area contributed by atoms with Crippen LogP contribution in [0.3, 0.4) is 0 Å². The van der Waals surface area contributed by atoms with E-state index in [1.54, 1.807) is 17.0 Å². The molecule has 5 nitrogen and oxygen atoms in total. The predicted octanol–water partition coefficient (Wildman–Crippen LogP) is 2.78. The number of hydrogen-bond donors (Lipinski definition) is 0. The molecule has 0 fully saturated rings. The van der Waals surface area contributed by atoms with Crippen molar-refractivity contribution in [3.63, 3.8) is 0 Å². The summed E-state index contributed by atoms with van der Waals surface area (Å²) in [7, 11) is -1.78. The largest absolute Gasteiger partial charge is 0.339 e. The quantitative estimate of drug-likeness (QED) is 0.841. The lowest BCUT2D eigenvalue weighted by Crippen LogP contribution is -2.29. The smallest absolute Gasteiger partial charge is 0.263 e. The van der Waals surface area contributed by atoms with Gasteiger partial charge in [-0.15, -0.1) is 11.3 Å². The monoisotopic (exact) mass is 340 g/mol. The molecule has 120 valence electrons. The number of carbonyl (C=O) groups is 1. The van der Waals surface area contributed by atoms with Crippen LogP contribution < -0.4 is 4.31 Å². The van der Waals surface area contributed by atoms with E-state index in [1.807, 2.05) is 26.0 Å². The van der Waals surface area contributed by atoms with Gasteiger partial charge in [0.05, 0.1) is 16.8 Å². The Morgan fingerprint density at radius 1 is 1.18 bits per heavy atom. The van der Waals surface area contributed by atoms with E-state index in [0.29, 0.717) is 23.7 Å². The Morgan fingerprint density at radius 3 is 2.36 bits per heavy atom. The van der Waals surface area contributed by atoms with Crippen LogP contribution >= 0.6 is 11.3 Å². The third-order valence-corrected chi connectivity index (χ3v) is 5.93. The van der Waals surface area contributed by atoms with Crippen molar-refractivity contribution in [1.29, 1.82) is 0 Å². The fourth-order valence-electron chi connectivity index (χ4n) is 2.19. The number of rotatable bonds is 5. The number of anilines is 1. The van der Waals surface area contributed by atoms with Gasteiger partial charge in [0, 0.05) is 24.8 Å². The maximum atomic E-state index is 12.4. The third-order valence-electron chi connectivity index (χ3n) is 3.62. The third kappa shape index (κ3) is 3.25. The van der Waals surface area contributed by atoms with Gasteiger partial charge in [-0.3, -0.25) is 9.10 Å². The van der Waals surface area contributed by atoms with E-state index in [4.69, 9.17) is 0 Å². The molecule has 0 aliphatic carbocycles. The summed E-state index contributed by atoms with van der Waals surface area (Å²) in [5.74, 6) is 0.0178. The van der Waals surface area contributed by atoms with Crippen molar-refractivity contribution in [3.8, 4) is 0 Å². The first-order valence-electron chi connectivity index (χ1n) is 7.04. The Hall–Kier alpha value is -1.60. The van der Waals surface area contributed by atoms with Gasteiger partial charge in [0.15, 0.2) is 0 Å². The first-order valence-corrected chi connectivity index (χ1v) is 9.71. The van der Waals surface area contributed by atoms with Crippen LogP contribution in [0.25, 0.3) is 10.1 Å². The molecule has 0 radical (unpaired) electrons. The minimum absolute atomic E-state index is 0.0178. The normalized spacial score (nSPS) is 11.6. The Balaban J connectivity index is 2.42. The van der Waals surface area contributed by atoms with Crippen LogP contribution in [0.1, 0.15) is 23.5 Å². The van der Waals surface area contributed by atoms with E-state index in [9.17, 15) is 13.2 Å². The van der Waals surface area contributed by atoms with E-state index < -0.39 is 10.0 Å². The highest BCUT2D eigenvalue weighted by molar-refractivity contribution is 7.92. The van der Waals surface area contributed by atoms with E-state index in [-0.39, 0.29) is 5.91 Å². The second kappa shape index (κ2) is 6.26. The van der Waals surface area contributed by atoms with Crippen LogP contribution in [0.2, 0.25) is 0 Å². The highest BCUT2D eigenvalue weighted by Gasteiger charge is 2.17. The average Bonchev–Trinajstić information content (AvgIpc) is 2.89. The van der Waals surface area contributed by atoms with Crippen LogP contribution in [0, 0.1) is 0 Å². The highest BCUT2D eigenvalue weighted by atomic mass is 32.2. The Bertz CT molecular complexity index is 792. The number of fused-ring (bicyclic) bond motifs is 1. The van der Waals surface area contributed by atoms with Crippen LogP contribution in [0.4, 0.5) is 5.69 Å². The summed E-state index contributed by atoms with van der Waals surface area (Å²) in [6, 6.07) is 7.24. The molecule has 0 saturated heterocycles. The summed E-state index contributed by atoms with van der Waals surface area (Å²) in [6.07, 6.45) is 1.17. The zero-order valence-electron chi connectivity index (χ0n) is 13.2. The van der Waals surface area contributed by atoms with E-state index >= 15 is 0 Å². The number of nitrogens with zero attached hydrogens (tertiary/aromatic N) is 2. The van der Waals surface area contributed by atoms with Crippen molar-refractivity contribution in [3.05, 3.63) is 29.1 Å². The van der Waals surface area contributed by atoms with Crippen molar-refractivity contribution < 1.29 is 13.2 Å². The molecule has 2 aromatic rings. The Labute approximate surface area is 135 Å². The molecule has 0 saturated carbocycles. The summed E-state index contributed by atoms with van der Waals surface area (Å²) in [5, 5.41) is 0.883. The number of hydrogen-bond acceptors (Lipinski definition) is 4. The number of thiophene rings is 1. The van der Waals surface area contributed by atoms with E-state index in [1.165, 1.54) is 28.9 Å². The Kier molecular flexibility index (Phi) is 4.77. The standard InChI is InChI=1S/C15H20N2O3S2/c1-5-17(6-2)15(18)14-10-11-9-12(7-8-13(11)21-14)16(3)22(4,19)20/h7-10H,5-6H2,1-4H3. The molecule has 1 aromatic carbocycles. The molecule has 0 bridgehead atoms. The van der Waals surface area contributed by atoms with Crippen LogP contribution in [0.15, 0.2) is 24.3 Å². The van der Waals surface area contributed by atoms with Crippen LogP contribution in [-0.2, 0) is 10.0 Å². The van der Waals surface area contributed by atoms with Gasteiger partial charge in [-0.05, 0) is 43.5 Å². The van der Waals surface area contributed by atoms with Gasteiger partial charge in [0.25, 0.3) is 5.91 Å². The molecular weight excluding hydrogens is 320 g/mol. The number of carbonyl (C=O) groups excluding carboxylic acids is 1. The summed E-state index contributed by atoms with van der Waals surface area (Å²) in [6.45, 7) is 5.25. The summed E-state index contributed by atoms with van der Waals surface area (Å²) in [4.78, 5) is 14.8.